The molecule has 0 spiro atoms. The molecule has 0 radical (unpaired) electrons. The van der Waals surface area contributed by atoms with Crippen LogP contribution in [-0.4, -0.2) is 8.07 Å². The van der Waals surface area contributed by atoms with Crippen LogP contribution in [-0.2, 0) is 26.9 Å². The molecule has 0 nitrogen and oxygen atoms in total. The van der Waals surface area contributed by atoms with Gasteiger partial charge >= 0.3 is 262 Å². The van der Waals surface area contributed by atoms with Crippen molar-refractivity contribution >= 4 is 60.9 Å². The van der Waals surface area contributed by atoms with Crippen molar-refractivity contribution < 1.29 is 20.4 Å². The first-order valence-corrected chi connectivity index (χ1v) is 18.0. The molecule has 5 rings (SSSR count). The molecule has 0 saturated heterocycles. The molecule has 0 fully saturated rings. The molecule has 1 aliphatic rings. The third-order valence-electron chi connectivity index (χ3n) is 8.75. The van der Waals surface area contributed by atoms with Crippen LogP contribution in [0.2, 0.25) is 0 Å². The maximum absolute atomic E-state index is 2.69. The van der Waals surface area contributed by atoms with E-state index in [4.69, 9.17) is 0 Å². The minimum atomic E-state index is -2.69. The molecule has 0 aromatic heterocycles. The van der Waals surface area contributed by atoms with Crippen LogP contribution in [0.15, 0.2) is 124 Å². The molecule has 0 atom stereocenters. The van der Waals surface area contributed by atoms with Crippen LogP contribution < -0.4 is 15.6 Å². The van der Waals surface area contributed by atoms with Crippen molar-refractivity contribution in [3.8, 4) is 0 Å². The van der Waals surface area contributed by atoms with Crippen molar-refractivity contribution in [3.63, 3.8) is 0 Å². The van der Waals surface area contributed by atoms with Gasteiger partial charge in [-0.3, -0.25) is 0 Å². The van der Waals surface area contributed by atoms with Crippen LogP contribution in [0.1, 0.15) is 88.0 Å². The van der Waals surface area contributed by atoms with Crippen LogP contribution in [0.4, 0.5) is 0 Å². The maximum Gasteiger partial charge on any atom is -0.147 e. The Labute approximate surface area is 297 Å². The van der Waals surface area contributed by atoms with E-state index in [9.17, 15) is 0 Å². The summed E-state index contributed by atoms with van der Waals surface area (Å²) in [4.78, 5) is 0. The molecular weight excluding hydrogens is 651 g/mol. The Kier molecular flexibility index (Phi) is 14.5. The number of hydrogen-bond donors (Lipinski definition) is 0. The monoisotopic (exact) mass is 695 g/mol. The van der Waals surface area contributed by atoms with Gasteiger partial charge in [0.2, 0.25) is 0 Å². The van der Waals surface area contributed by atoms with Crippen molar-refractivity contribution in [2.24, 2.45) is 0 Å². The molecule has 0 saturated carbocycles. The molecule has 5 heteroatoms. The third-order valence-corrected chi connectivity index (χ3v) is 14.8. The first-order chi connectivity index (χ1) is 19.7. The Balaban J connectivity index is 0.00000225. The van der Waals surface area contributed by atoms with Crippen LogP contribution >= 0.6 is 37.2 Å². The molecule has 0 amide bonds. The maximum atomic E-state index is 2.56. The predicted octanol–water partition coefficient (Wildman–Crippen LogP) is 9.71. The van der Waals surface area contributed by atoms with Gasteiger partial charge in [0.25, 0.3) is 0 Å². The second-order valence-corrected chi connectivity index (χ2v) is 17.2. The number of allylic oxidation sites excluding steroid dienone is 4. The Morgan fingerprint density at radius 1 is 0.568 bits per heavy atom. The minimum absolute atomic E-state index is 0. The number of benzene rings is 4. The SMILES string of the molecule is CC(C)c1cccc([Si](C2=[C]([Ti])CC=C2Cc2ccccc2)(c2cccc(C(C)C)c2)c2cccc(C(C)C)c2)c1.Cl.Cl.Cl. The van der Waals surface area contributed by atoms with Gasteiger partial charge in [-0.15, -0.1) is 37.2 Å². The molecule has 0 unspecified atom stereocenters. The topological polar surface area (TPSA) is 0 Å². The predicted molar refractivity (Wildman–Crippen MR) is 198 cm³/mol. The summed E-state index contributed by atoms with van der Waals surface area (Å²) in [6, 6.07) is 40.0. The van der Waals surface area contributed by atoms with E-state index in [-0.39, 0.29) is 37.2 Å². The quantitative estimate of drug-likeness (QED) is 0.121. The zero-order valence-electron chi connectivity index (χ0n) is 26.8. The molecule has 4 aromatic rings. The third kappa shape index (κ3) is 7.75. The summed E-state index contributed by atoms with van der Waals surface area (Å²) >= 11 is 2.40. The summed E-state index contributed by atoms with van der Waals surface area (Å²) in [5, 5.41) is 6.12. The molecule has 4 aromatic carbocycles. The summed E-state index contributed by atoms with van der Waals surface area (Å²) in [5.74, 6) is 1.43. The molecule has 0 aliphatic heterocycles. The summed E-state index contributed by atoms with van der Waals surface area (Å²) in [6.45, 7) is 13.9. The Morgan fingerprint density at radius 2 is 0.977 bits per heavy atom. The normalized spacial score (nSPS) is 13.0. The van der Waals surface area contributed by atoms with Crippen LogP contribution in [0.25, 0.3) is 0 Å². The van der Waals surface area contributed by atoms with Crippen LogP contribution in [0.3, 0.4) is 0 Å². The minimum Gasteiger partial charge on any atom is -0.147 e. The fourth-order valence-corrected chi connectivity index (χ4v) is 13.0. The van der Waals surface area contributed by atoms with E-state index < -0.39 is 8.07 Å². The van der Waals surface area contributed by atoms with Crippen LogP contribution in [0.5, 0.6) is 0 Å². The van der Waals surface area contributed by atoms with Crippen molar-refractivity contribution in [1.82, 2.24) is 0 Å². The number of rotatable bonds is 9. The molecule has 0 bridgehead atoms. The summed E-state index contributed by atoms with van der Waals surface area (Å²) in [5.41, 5.74) is 7.16. The largest absolute Gasteiger partial charge is 0.147 e. The Morgan fingerprint density at radius 3 is 1.36 bits per heavy atom. The van der Waals surface area contributed by atoms with Crippen molar-refractivity contribution in [1.29, 1.82) is 0 Å². The van der Waals surface area contributed by atoms with Gasteiger partial charge in [-0.1, -0.05) is 0 Å². The van der Waals surface area contributed by atoms with Crippen molar-refractivity contribution in [2.75, 3.05) is 0 Å². The first kappa shape index (κ1) is 38.3. The smallest absolute Gasteiger partial charge is 0.147 e. The van der Waals surface area contributed by atoms with Gasteiger partial charge in [0.1, 0.15) is 0 Å². The first-order valence-electron chi connectivity index (χ1n) is 15.2. The van der Waals surface area contributed by atoms with E-state index in [2.05, 4.69) is 171 Å². The fraction of sp³-hybridized carbons (Fsp3) is 0.282. The van der Waals surface area contributed by atoms with Crippen molar-refractivity contribution in [2.45, 2.75) is 72.1 Å². The van der Waals surface area contributed by atoms with E-state index in [0.29, 0.717) is 17.8 Å². The van der Waals surface area contributed by atoms with Gasteiger partial charge < -0.3 is 0 Å². The summed E-state index contributed by atoms with van der Waals surface area (Å²) < 4.78 is 1.53. The average Bonchev–Trinajstić information content (AvgIpc) is 3.34. The van der Waals surface area contributed by atoms with E-state index in [1.807, 2.05) is 0 Å². The van der Waals surface area contributed by atoms with Gasteiger partial charge in [0.05, 0.1) is 0 Å². The van der Waals surface area contributed by atoms with Gasteiger partial charge in [0.15, 0.2) is 0 Å². The van der Waals surface area contributed by atoms with E-state index in [1.54, 1.807) is 5.20 Å². The average molecular weight is 697 g/mol. The summed E-state index contributed by atoms with van der Waals surface area (Å²) in [6.07, 6.45) is 4.54. The zero-order chi connectivity index (χ0) is 29.1. The van der Waals surface area contributed by atoms with E-state index in [1.165, 1.54) is 47.3 Å². The molecular formula is C39H46Cl3SiTi. The van der Waals surface area contributed by atoms with Gasteiger partial charge in [0, 0.05) is 0 Å². The Hall–Kier alpha value is -1.84. The van der Waals surface area contributed by atoms with Gasteiger partial charge in [-0.2, -0.15) is 0 Å². The van der Waals surface area contributed by atoms with E-state index in [0.717, 1.165) is 12.8 Å². The molecule has 0 heterocycles. The van der Waals surface area contributed by atoms with Gasteiger partial charge in [-0.25, -0.2) is 0 Å². The Bertz CT molecular complexity index is 1460. The molecule has 44 heavy (non-hydrogen) atoms. The number of hydrogen-bond acceptors (Lipinski definition) is 0. The second kappa shape index (κ2) is 16.6. The fourth-order valence-electron chi connectivity index (χ4n) is 6.39. The van der Waals surface area contributed by atoms with E-state index >= 15 is 0 Å². The second-order valence-electron chi connectivity index (χ2n) is 12.5. The molecule has 231 valence electrons. The van der Waals surface area contributed by atoms with Crippen molar-refractivity contribution in [3.05, 3.63) is 146 Å². The van der Waals surface area contributed by atoms with Gasteiger partial charge in [-0.05, 0) is 0 Å². The zero-order valence-corrected chi connectivity index (χ0v) is 31.8. The van der Waals surface area contributed by atoms with Crippen LogP contribution in [0, 0.1) is 0 Å². The molecule has 1 aliphatic carbocycles. The standard InChI is InChI=1S/C39H43Si.3ClH.Ti/c1-28(2)32-16-10-20-36(25-32)40(37-21-11-17-33(26-37)29(3)4,38-22-12-18-34(27-38)30(5)6)39-23-13-19-35(39)24-31-14-8-7-9-15-31;;;;/h7-12,14-22,25-30H,13,24H2,1-6H3;3*1H;. The molecule has 0 N–H and O–H groups in total. The number of halogens is 3. The summed E-state index contributed by atoms with van der Waals surface area (Å²) in [7, 11) is -2.69.